The number of hydrogen-bond donors (Lipinski definition) is 3. The lowest BCUT2D eigenvalue weighted by Gasteiger charge is -2.20. The molecule has 0 aliphatic heterocycles. The van der Waals surface area contributed by atoms with Crippen molar-refractivity contribution in [3.63, 3.8) is 0 Å². The van der Waals surface area contributed by atoms with Crippen molar-refractivity contribution >= 4 is 35.4 Å². The van der Waals surface area contributed by atoms with Crippen LogP contribution in [-0.4, -0.2) is 86.5 Å². The summed E-state index contributed by atoms with van der Waals surface area (Å²) in [4.78, 5) is 29.5. The summed E-state index contributed by atoms with van der Waals surface area (Å²) in [6.07, 6.45) is 5.05. The molecule has 1 atom stereocenters. The van der Waals surface area contributed by atoms with Gasteiger partial charge in [0.1, 0.15) is 5.84 Å². The molecule has 0 radical (unpaired) electrons. The molecule has 1 fully saturated rings. The first-order valence-corrected chi connectivity index (χ1v) is 11.0. The smallest absolute Gasteiger partial charge is 0.310 e. The number of aromatic amines is 1. The molecule has 4 N–H and O–H groups in total. The second-order valence-corrected chi connectivity index (χ2v) is 8.20. The number of ether oxygens (including phenoxy) is 1. The average Bonchev–Trinajstić information content (AvgIpc) is 3.30. The van der Waals surface area contributed by atoms with Crippen molar-refractivity contribution in [3.8, 4) is 0 Å². The molecule has 0 aromatic carbocycles. The lowest BCUT2D eigenvalue weighted by atomic mass is 9.89. The number of H-pyrrole nitrogens is 1. The van der Waals surface area contributed by atoms with E-state index in [1.54, 1.807) is 6.92 Å². The van der Waals surface area contributed by atoms with Gasteiger partial charge >= 0.3 is 5.97 Å². The quantitative estimate of drug-likeness (QED) is 0.152. The molecular formula is C17H30N8O4S. The van der Waals surface area contributed by atoms with E-state index in [1.807, 2.05) is 0 Å². The maximum absolute atomic E-state index is 12.2. The maximum Gasteiger partial charge on any atom is 0.310 e. The Morgan fingerprint density at radius 3 is 2.80 bits per heavy atom. The molecule has 1 aliphatic rings. The number of carbonyl (C=O) groups is 2. The minimum Gasteiger partial charge on any atom is -0.442 e. The highest BCUT2D eigenvalue weighted by molar-refractivity contribution is 7.99. The van der Waals surface area contributed by atoms with Crippen LogP contribution in [0.25, 0.3) is 0 Å². The van der Waals surface area contributed by atoms with E-state index in [-0.39, 0.29) is 37.0 Å². The van der Waals surface area contributed by atoms with Crippen LogP contribution >= 0.6 is 11.8 Å². The summed E-state index contributed by atoms with van der Waals surface area (Å²) in [5.74, 6) is 0.824. The molecule has 30 heavy (non-hydrogen) atoms. The van der Waals surface area contributed by atoms with Crippen molar-refractivity contribution in [1.82, 2.24) is 25.7 Å². The van der Waals surface area contributed by atoms with Gasteiger partial charge in [-0.1, -0.05) is 24.4 Å². The van der Waals surface area contributed by atoms with Crippen LogP contribution < -0.4 is 10.6 Å². The number of likely N-dealkylation sites (N-methyl/N-ethyl adjacent to an activating group) is 1. The Morgan fingerprint density at radius 2 is 2.13 bits per heavy atom. The molecule has 0 spiro atoms. The molecule has 1 amide bonds. The van der Waals surface area contributed by atoms with Crippen LogP contribution in [0.2, 0.25) is 0 Å². The van der Waals surface area contributed by atoms with Gasteiger partial charge in [-0.3, -0.25) is 19.7 Å². The SMILES string of the molecule is C/C(=N/COC(=O)C1CCCCC1)N(O)CCSC[C@H](N)C(=O)N(C)c1nn[nH]n1. The first-order chi connectivity index (χ1) is 14.4. The molecular weight excluding hydrogens is 412 g/mol. The highest BCUT2D eigenvalue weighted by Crippen LogP contribution is 2.24. The van der Waals surface area contributed by atoms with Gasteiger partial charge in [-0.05, 0) is 25.0 Å². The molecule has 1 aliphatic carbocycles. The normalized spacial score (nSPS) is 16.2. The standard InChI is InChI=1S/C17H30N8O4S/c1-12(19-11-29-16(27)13-6-4-3-5-7-13)25(28)8-9-30-10-14(18)15(26)24(2)17-20-22-23-21-17/h13-14,28H,3-11,18H2,1-2H3,(H,20,21,22,23)/b19-12-/t14-/m0/s1. The van der Waals surface area contributed by atoms with Gasteiger partial charge in [0, 0.05) is 18.6 Å². The van der Waals surface area contributed by atoms with Crippen molar-refractivity contribution in [3.05, 3.63) is 0 Å². The van der Waals surface area contributed by atoms with Crippen molar-refractivity contribution < 1.29 is 19.5 Å². The van der Waals surface area contributed by atoms with Gasteiger partial charge in [0.25, 0.3) is 5.95 Å². The van der Waals surface area contributed by atoms with E-state index >= 15 is 0 Å². The summed E-state index contributed by atoms with van der Waals surface area (Å²) < 4.78 is 5.19. The highest BCUT2D eigenvalue weighted by atomic mass is 32.2. The van der Waals surface area contributed by atoms with Crippen LogP contribution in [-0.2, 0) is 14.3 Å². The number of carbonyl (C=O) groups excluding carboxylic acids is 2. The number of aromatic nitrogens is 4. The van der Waals surface area contributed by atoms with E-state index in [0.717, 1.165) is 30.7 Å². The van der Waals surface area contributed by atoms with Crippen molar-refractivity contribution in [2.24, 2.45) is 16.6 Å². The number of tetrazole rings is 1. The topological polar surface area (TPSA) is 163 Å². The number of hydroxylamine groups is 2. The predicted octanol–water partition coefficient (Wildman–Crippen LogP) is 0.414. The number of nitrogens with one attached hydrogen (secondary N) is 1. The number of amidine groups is 1. The molecule has 1 saturated carbocycles. The molecule has 168 valence electrons. The highest BCUT2D eigenvalue weighted by Gasteiger charge is 2.23. The number of aliphatic imine (C=N–C) groups is 1. The Morgan fingerprint density at radius 1 is 1.40 bits per heavy atom. The Bertz CT molecular complexity index is 696. The van der Waals surface area contributed by atoms with Gasteiger partial charge in [0.2, 0.25) is 5.91 Å². The fourth-order valence-electron chi connectivity index (χ4n) is 2.97. The van der Waals surface area contributed by atoms with Gasteiger partial charge in [0.15, 0.2) is 6.73 Å². The number of nitrogens with two attached hydrogens (primary N) is 1. The number of hydrogen-bond acceptors (Lipinski definition) is 10. The monoisotopic (exact) mass is 442 g/mol. The lowest BCUT2D eigenvalue weighted by Crippen LogP contribution is -2.44. The number of esters is 1. The van der Waals surface area contributed by atoms with Gasteiger partial charge in [-0.2, -0.15) is 17.0 Å². The van der Waals surface area contributed by atoms with E-state index in [1.165, 1.54) is 30.1 Å². The van der Waals surface area contributed by atoms with Crippen LogP contribution in [0.5, 0.6) is 0 Å². The molecule has 13 heteroatoms. The largest absolute Gasteiger partial charge is 0.442 e. The Kier molecular flexibility index (Phi) is 9.97. The fraction of sp³-hybridized carbons (Fsp3) is 0.765. The summed E-state index contributed by atoms with van der Waals surface area (Å²) in [5, 5.41) is 24.2. The van der Waals surface area contributed by atoms with Gasteiger partial charge in [-0.25, -0.2) is 10.1 Å². The second kappa shape index (κ2) is 12.4. The number of anilines is 1. The minimum atomic E-state index is -0.736. The summed E-state index contributed by atoms with van der Waals surface area (Å²) in [5.41, 5.74) is 5.91. The minimum absolute atomic E-state index is 0.0260. The summed E-state index contributed by atoms with van der Waals surface area (Å²) >= 11 is 1.42. The lowest BCUT2D eigenvalue weighted by molar-refractivity contribution is -0.149. The van der Waals surface area contributed by atoms with Gasteiger partial charge in [-0.15, -0.1) is 5.10 Å². The van der Waals surface area contributed by atoms with Crippen LogP contribution in [0.1, 0.15) is 39.0 Å². The number of amides is 1. The van der Waals surface area contributed by atoms with Crippen LogP contribution in [0, 0.1) is 5.92 Å². The average molecular weight is 443 g/mol. The van der Waals surface area contributed by atoms with E-state index in [2.05, 4.69) is 25.6 Å². The Balaban J connectivity index is 1.62. The zero-order valence-corrected chi connectivity index (χ0v) is 18.2. The molecule has 1 aromatic rings. The second-order valence-electron chi connectivity index (χ2n) is 7.05. The van der Waals surface area contributed by atoms with Crippen molar-refractivity contribution in [2.45, 2.75) is 45.1 Å². The zero-order valence-electron chi connectivity index (χ0n) is 17.4. The van der Waals surface area contributed by atoms with Crippen molar-refractivity contribution in [2.75, 3.05) is 36.7 Å². The van der Waals surface area contributed by atoms with Gasteiger partial charge in [0.05, 0.1) is 18.5 Å². The summed E-state index contributed by atoms with van der Waals surface area (Å²) in [7, 11) is 1.52. The molecule has 0 bridgehead atoms. The molecule has 2 rings (SSSR count). The van der Waals surface area contributed by atoms with E-state index in [9.17, 15) is 14.8 Å². The zero-order chi connectivity index (χ0) is 21.9. The molecule has 12 nitrogen and oxygen atoms in total. The van der Waals surface area contributed by atoms with Crippen LogP contribution in [0.15, 0.2) is 4.99 Å². The third-order valence-corrected chi connectivity index (χ3v) is 5.91. The third-order valence-electron chi connectivity index (χ3n) is 4.84. The summed E-state index contributed by atoms with van der Waals surface area (Å²) in [6.45, 7) is 1.82. The molecule has 1 aromatic heterocycles. The molecule has 1 heterocycles. The number of nitrogens with zero attached hydrogens (tertiary/aromatic N) is 6. The number of rotatable bonds is 10. The predicted molar refractivity (Wildman–Crippen MR) is 112 cm³/mol. The van der Waals surface area contributed by atoms with Crippen LogP contribution in [0.3, 0.4) is 0 Å². The van der Waals surface area contributed by atoms with Crippen molar-refractivity contribution in [1.29, 1.82) is 0 Å². The summed E-state index contributed by atoms with van der Waals surface area (Å²) in [6, 6.07) is -0.736. The molecule has 0 unspecified atom stereocenters. The first kappa shape index (κ1) is 24.0. The number of thioether (sulfide) groups is 1. The maximum atomic E-state index is 12.2. The van der Waals surface area contributed by atoms with Gasteiger partial charge < -0.3 is 10.5 Å². The van der Waals surface area contributed by atoms with E-state index in [4.69, 9.17) is 10.5 Å². The third kappa shape index (κ3) is 7.54. The van der Waals surface area contributed by atoms with Crippen LogP contribution in [0.4, 0.5) is 5.95 Å². The van der Waals surface area contributed by atoms with E-state index in [0.29, 0.717) is 17.3 Å². The first-order valence-electron chi connectivity index (χ1n) is 9.88. The van der Waals surface area contributed by atoms with E-state index < -0.39 is 6.04 Å². The Hall–Kier alpha value is -2.25. The fourth-order valence-corrected chi connectivity index (χ4v) is 3.83. The molecule has 0 saturated heterocycles. The Labute approximate surface area is 179 Å².